The lowest BCUT2D eigenvalue weighted by molar-refractivity contribution is -0.385. The predicted octanol–water partition coefficient (Wildman–Crippen LogP) is 4.12. The lowest BCUT2D eigenvalue weighted by atomic mass is 10.2. The first-order chi connectivity index (χ1) is 12.7. The molecule has 0 aromatic heterocycles. The molecule has 0 aliphatic carbocycles. The van der Waals surface area contributed by atoms with Crippen LogP contribution in [0.4, 0.5) is 24.5 Å². The highest BCUT2D eigenvalue weighted by Gasteiger charge is 2.34. The van der Waals surface area contributed by atoms with Gasteiger partial charge in [-0.2, -0.15) is 0 Å². The number of aromatic hydroxyl groups is 2. The van der Waals surface area contributed by atoms with Crippen LogP contribution in [0.5, 0.6) is 17.2 Å². The molecule has 28 heavy (non-hydrogen) atoms. The summed E-state index contributed by atoms with van der Waals surface area (Å²) in [4.78, 5) is 8.78. The molecule has 0 aliphatic rings. The van der Waals surface area contributed by atoms with Crippen molar-refractivity contribution in [2.75, 3.05) is 4.72 Å². The van der Waals surface area contributed by atoms with Gasteiger partial charge in [0, 0.05) is 15.6 Å². The maximum absolute atomic E-state index is 12.5. The number of halogens is 5. The van der Waals surface area contributed by atoms with Crippen molar-refractivity contribution in [3.05, 3.63) is 43.9 Å². The number of anilines is 1. The normalized spacial score (nSPS) is 11.9. The Morgan fingerprint density at radius 2 is 1.79 bits per heavy atom. The number of nitro benzene ring substituents is 1. The quantitative estimate of drug-likeness (QED) is 0.314. The van der Waals surface area contributed by atoms with Gasteiger partial charge in [0.1, 0.15) is 4.90 Å². The van der Waals surface area contributed by atoms with E-state index in [2.05, 4.69) is 20.7 Å². The van der Waals surface area contributed by atoms with Gasteiger partial charge in [0.05, 0.1) is 10.6 Å². The maximum Gasteiger partial charge on any atom is 0.573 e. The van der Waals surface area contributed by atoms with Crippen molar-refractivity contribution >= 4 is 48.9 Å². The summed E-state index contributed by atoms with van der Waals surface area (Å²) < 4.78 is 67.3. The van der Waals surface area contributed by atoms with E-state index in [9.17, 15) is 41.9 Å². The molecule has 0 atom stereocenters. The third-order valence-electron chi connectivity index (χ3n) is 3.02. The number of sulfonamides is 1. The molecule has 2 rings (SSSR count). The zero-order chi connectivity index (χ0) is 21.4. The Morgan fingerprint density at radius 3 is 2.32 bits per heavy atom. The lowest BCUT2D eigenvalue weighted by Gasteiger charge is -2.15. The van der Waals surface area contributed by atoms with Gasteiger partial charge in [0.25, 0.3) is 10.0 Å². The molecular weight excluding hydrogens is 501 g/mol. The molecule has 0 spiro atoms. The summed E-state index contributed by atoms with van der Waals surface area (Å²) in [6, 6.07) is 2.99. The fraction of sp³-hybridized carbons (Fsp3) is 0.0769. The van der Waals surface area contributed by atoms with Gasteiger partial charge in [-0.15, -0.1) is 13.2 Å². The molecule has 2 aromatic rings. The number of rotatable bonds is 5. The number of nitro groups is 1. The molecule has 3 N–H and O–H groups in total. The van der Waals surface area contributed by atoms with Gasteiger partial charge in [-0.3, -0.25) is 14.8 Å². The average molecular weight is 508 g/mol. The highest BCUT2D eigenvalue weighted by atomic mass is 79.9. The zero-order valence-electron chi connectivity index (χ0n) is 13.0. The summed E-state index contributed by atoms with van der Waals surface area (Å²) in [5.41, 5.74) is -1.67. The minimum absolute atomic E-state index is 0.203. The third-order valence-corrected chi connectivity index (χ3v) is 5.07. The second kappa shape index (κ2) is 7.52. The van der Waals surface area contributed by atoms with Crippen LogP contribution >= 0.6 is 27.5 Å². The summed E-state index contributed by atoms with van der Waals surface area (Å²) in [6.07, 6.45) is -5.22. The first-order valence-corrected chi connectivity index (χ1v) is 9.34. The highest BCUT2D eigenvalue weighted by Crippen LogP contribution is 2.42. The van der Waals surface area contributed by atoms with Gasteiger partial charge in [-0.25, -0.2) is 8.42 Å². The molecule has 0 aliphatic heterocycles. The molecule has 0 saturated carbocycles. The van der Waals surface area contributed by atoms with E-state index in [1.807, 2.05) is 0 Å². The summed E-state index contributed by atoms with van der Waals surface area (Å²) in [5.74, 6) is -3.70. The predicted molar refractivity (Wildman–Crippen MR) is 93.1 cm³/mol. The van der Waals surface area contributed by atoms with Crippen LogP contribution in [0.1, 0.15) is 0 Å². The molecule has 0 amide bonds. The zero-order valence-corrected chi connectivity index (χ0v) is 16.1. The Morgan fingerprint density at radius 1 is 1.18 bits per heavy atom. The Kier molecular flexibility index (Phi) is 5.87. The van der Waals surface area contributed by atoms with E-state index < -0.39 is 54.8 Å². The Bertz CT molecular complexity index is 1060. The average Bonchev–Trinajstić information content (AvgIpc) is 2.51. The van der Waals surface area contributed by atoms with Gasteiger partial charge < -0.3 is 14.9 Å². The number of alkyl halides is 3. The molecule has 0 unspecified atom stereocenters. The number of nitrogens with zero attached hydrogens (tertiary/aromatic N) is 1. The Balaban J connectivity index is 2.57. The van der Waals surface area contributed by atoms with Crippen molar-refractivity contribution in [2.45, 2.75) is 11.3 Å². The van der Waals surface area contributed by atoms with Crippen LogP contribution in [-0.2, 0) is 10.0 Å². The monoisotopic (exact) mass is 506 g/mol. The molecule has 0 bridgehead atoms. The lowest BCUT2D eigenvalue weighted by Crippen LogP contribution is -2.18. The van der Waals surface area contributed by atoms with Crippen molar-refractivity contribution < 1.29 is 41.5 Å². The number of phenols is 2. The number of benzene rings is 2. The Labute approximate surface area is 167 Å². The molecule has 0 saturated heterocycles. The van der Waals surface area contributed by atoms with E-state index in [4.69, 9.17) is 11.6 Å². The molecule has 2 aromatic carbocycles. The summed E-state index contributed by atoms with van der Waals surface area (Å²) in [6.45, 7) is 0. The van der Waals surface area contributed by atoms with Crippen LogP contribution in [-0.4, -0.2) is 29.9 Å². The van der Waals surface area contributed by atoms with Crippen molar-refractivity contribution in [1.82, 2.24) is 0 Å². The van der Waals surface area contributed by atoms with Crippen molar-refractivity contribution in [1.29, 1.82) is 0 Å². The summed E-state index contributed by atoms with van der Waals surface area (Å²) >= 11 is 8.42. The van der Waals surface area contributed by atoms with E-state index in [-0.39, 0.29) is 9.50 Å². The van der Waals surface area contributed by atoms with Crippen molar-refractivity contribution in [3.8, 4) is 17.2 Å². The number of nitrogens with one attached hydrogen (secondary N) is 1. The topological polar surface area (TPSA) is 139 Å². The molecule has 9 nitrogen and oxygen atoms in total. The van der Waals surface area contributed by atoms with E-state index in [1.165, 1.54) is 0 Å². The third kappa shape index (κ3) is 4.88. The molecule has 15 heteroatoms. The minimum atomic E-state index is -5.22. The molecule has 0 radical (unpaired) electrons. The van der Waals surface area contributed by atoms with Gasteiger partial charge in [-0.1, -0.05) is 27.5 Å². The van der Waals surface area contributed by atoms with E-state index in [0.717, 1.165) is 18.2 Å². The Hall–Kier alpha value is -2.45. The van der Waals surface area contributed by atoms with Crippen LogP contribution in [0.3, 0.4) is 0 Å². The van der Waals surface area contributed by atoms with E-state index >= 15 is 0 Å². The first kappa shape index (κ1) is 21.8. The van der Waals surface area contributed by atoms with Crippen LogP contribution in [0.25, 0.3) is 0 Å². The smallest absolute Gasteiger partial charge is 0.503 e. The molecule has 152 valence electrons. The summed E-state index contributed by atoms with van der Waals surface area (Å²) in [5, 5.41) is 30.3. The minimum Gasteiger partial charge on any atom is -0.503 e. The highest BCUT2D eigenvalue weighted by molar-refractivity contribution is 9.10. The second-order valence-electron chi connectivity index (χ2n) is 4.98. The second-order valence-corrected chi connectivity index (χ2v) is 7.99. The van der Waals surface area contributed by atoms with Crippen LogP contribution in [0.15, 0.2) is 33.6 Å². The molecule has 0 heterocycles. The van der Waals surface area contributed by atoms with Crippen molar-refractivity contribution in [3.63, 3.8) is 0 Å². The maximum atomic E-state index is 12.5. The van der Waals surface area contributed by atoms with Gasteiger partial charge in [-0.05, 0) is 18.2 Å². The fourth-order valence-electron chi connectivity index (χ4n) is 1.96. The number of ether oxygens (including phenoxy) is 1. The van der Waals surface area contributed by atoms with E-state index in [0.29, 0.717) is 6.07 Å². The molecular formula is C13H7BrClF3N2O7S. The van der Waals surface area contributed by atoms with Gasteiger partial charge >= 0.3 is 12.0 Å². The van der Waals surface area contributed by atoms with Crippen LogP contribution < -0.4 is 9.46 Å². The number of hydrogen-bond acceptors (Lipinski definition) is 7. The fourth-order valence-corrected chi connectivity index (χ4v) is 3.95. The van der Waals surface area contributed by atoms with Gasteiger partial charge in [0.2, 0.25) is 5.75 Å². The van der Waals surface area contributed by atoms with Crippen LogP contribution in [0.2, 0.25) is 5.02 Å². The van der Waals surface area contributed by atoms with Crippen molar-refractivity contribution in [2.24, 2.45) is 0 Å². The number of phenolic OH excluding ortho intramolecular Hbond substituents is 2. The standard InChI is InChI=1S/C13H7BrClF3N2O7S/c14-5-1-9(27-13(16,17)18)12(22)10(2-5)28(25,26)19-7-3-6(15)4-8(11(7)21)20(23)24/h1-4,19,21-22H. The first-order valence-electron chi connectivity index (χ1n) is 6.69. The summed E-state index contributed by atoms with van der Waals surface area (Å²) in [7, 11) is -4.84. The SMILES string of the molecule is O=[N+]([O-])c1cc(Cl)cc(NS(=O)(=O)c2cc(Br)cc(OC(F)(F)F)c2O)c1O. The van der Waals surface area contributed by atoms with Gasteiger partial charge in [0.15, 0.2) is 11.5 Å². The van der Waals surface area contributed by atoms with E-state index in [1.54, 1.807) is 4.72 Å². The molecule has 0 fully saturated rings. The largest absolute Gasteiger partial charge is 0.573 e. The number of hydrogen-bond donors (Lipinski definition) is 3. The van der Waals surface area contributed by atoms with Crippen LogP contribution in [0, 0.1) is 10.1 Å².